The van der Waals surface area contributed by atoms with Crippen molar-refractivity contribution < 1.29 is 9.53 Å². The Hall–Kier alpha value is -1.55. The Morgan fingerprint density at radius 3 is 2.37 bits per heavy atom. The van der Waals surface area contributed by atoms with Crippen molar-refractivity contribution in [3.63, 3.8) is 0 Å². The lowest BCUT2D eigenvalue weighted by Crippen LogP contribution is -2.41. The molecular formula is C15H24N2O2. The first-order chi connectivity index (χ1) is 9.02. The van der Waals surface area contributed by atoms with Crippen LogP contribution in [0.5, 0.6) is 5.75 Å². The van der Waals surface area contributed by atoms with Gasteiger partial charge in [0, 0.05) is 13.1 Å². The summed E-state index contributed by atoms with van der Waals surface area (Å²) in [7, 11) is 0. The van der Waals surface area contributed by atoms with Crippen LogP contribution in [0.3, 0.4) is 0 Å². The summed E-state index contributed by atoms with van der Waals surface area (Å²) < 4.78 is 5.58. The molecule has 4 heteroatoms. The van der Waals surface area contributed by atoms with E-state index >= 15 is 0 Å². The van der Waals surface area contributed by atoms with Crippen molar-refractivity contribution in [1.82, 2.24) is 10.6 Å². The average molecular weight is 264 g/mol. The van der Waals surface area contributed by atoms with E-state index in [-0.39, 0.29) is 18.1 Å². The van der Waals surface area contributed by atoms with Crippen molar-refractivity contribution >= 4 is 5.91 Å². The number of likely N-dealkylation sites (N-methyl/N-ethyl adjacent to an activating group) is 1. The molecule has 0 aliphatic rings. The van der Waals surface area contributed by atoms with E-state index in [2.05, 4.69) is 10.6 Å². The van der Waals surface area contributed by atoms with Crippen LogP contribution in [0, 0.1) is 0 Å². The van der Waals surface area contributed by atoms with Gasteiger partial charge in [-0.25, -0.2) is 0 Å². The SMILES string of the molecule is CCNC(=O)C(C)NCc1ccc(OC(C)C)cc1. The standard InChI is InChI=1S/C15H24N2O2/c1-5-16-15(18)12(4)17-10-13-6-8-14(9-7-13)19-11(2)3/h6-9,11-12,17H,5,10H2,1-4H3,(H,16,18). The monoisotopic (exact) mass is 264 g/mol. The van der Waals surface area contributed by atoms with Crippen LogP contribution in [0.25, 0.3) is 0 Å². The maximum absolute atomic E-state index is 11.5. The van der Waals surface area contributed by atoms with Gasteiger partial charge in [0.15, 0.2) is 0 Å². The van der Waals surface area contributed by atoms with Crippen molar-refractivity contribution in [1.29, 1.82) is 0 Å². The number of amides is 1. The summed E-state index contributed by atoms with van der Waals surface area (Å²) in [6.45, 7) is 9.11. The van der Waals surface area contributed by atoms with Gasteiger partial charge in [-0.15, -0.1) is 0 Å². The highest BCUT2D eigenvalue weighted by molar-refractivity contribution is 5.81. The van der Waals surface area contributed by atoms with Crippen LogP contribution in [-0.2, 0) is 11.3 Å². The number of ether oxygens (including phenoxy) is 1. The lowest BCUT2D eigenvalue weighted by Gasteiger charge is -2.14. The molecule has 0 aliphatic carbocycles. The van der Waals surface area contributed by atoms with Gasteiger partial charge in [-0.1, -0.05) is 12.1 Å². The minimum atomic E-state index is -0.188. The molecule has 0 heterocycles. The Labute approximate surface area is 115 Å². The molecule has 0 saturated heterocycles. The predicted octanol–water partition coefficient (Wildman–Crippen LogP) is 2.09. The minimum Gasteiger partial charge on any atom is -0.491 e. The van der Waals surface area contributed by atoms with Gasteiger partial charge in [0.1, 0.15) is 5.75 Å². The van der Waals surface area contributed by atoms with Crippen molar-refractivity contribution in [3.8, 4) is 5.75 Å². The number of rotatable bonds is 7. The van der Waals surface area contributed by atoms with Crippen LogP contribution < -0.4 is 15.4 Å². The van der Waals surface area contributed by atoms with E-state index in [1.165, 1.54) is 0 Å². The van der Waals surface area contributed by atoms with Gasteiger partial charge in [0.2, 0.25) is 5.91 Å². The molecule has 0 fully saturated rings. The first-order valence-electron chi connectivity index (χ1n) is 6.79. The van der Waals surface area contributed by atoms with Crippen LogP contribution in [0.4, 0.5) is 0 Å². The molecule has 2 N–H and O–H groups in total. The molecule has 0 bridgehead atoms. The topological polar surface area (TPSA) is 50.4 Å². The second-order valence-corrected chi connectivity index (χ2v) is 4.81. The average Bonchev–Trinajstić information content (AvgIpc) is 2.37. The molecule has 1 atom stereocenters. The highest BCUT2D eigenvalue weighted by Gasteiger charge is 2.10. The highest BCUT2D eigenvalue weighted by Crippen LogP contribution is 2.13. The Balaban J connectivity index is 2.43. The number of benzene rings is 1. The van der Waals surface area contributed by atoms with Crippen LogP contribution in [0.1, 0.15) is 33.3 Å². The van der Waals surface area contributed by atoms with Gasteiger partial charge >= 0.3 is 0 Å². The Morgan fingerprint density at radius 2 is 1.84 bits per heavy atom. The number of carbonyl (C=O) groups is 1. The van der Waals surface area contributed by atoms with Crippen molar-refractivity contribution in [3.05, 3.63) is 29.8 Å². The fourth-order valence-electron chi connectivity index (χ4n) is 1.65. The number of hydrogen-bond donors (Lipinski definition) is 2. The molecule has 0 aliphatic heterocycles. The lowest BCUT2D eigenvalue weighted by atomic mass is 10.2. The van der Waals surface area contributed by atoms with Gasteiger partial charge in [0.05, 0.1) is 12.1 Å². The molecule has 19 heavy (non-hydrogen) atoms. The summed E-state index contributed by atoms with van der Waals surface area (Å²) in [4.78, 5) is 11.5. The van der Waals surface area contributed by atoms with Crippen LogP contribution in [0.2, 0.25) is 0 Å². The van der Waals surface area contributed by atoms with Gasteiger partial charge in [-0.2, -0.15) is 0 Å². The third-order valence-electron chi connectivity index (χ3n) is 2.65. The summed E-state index contributed by atoms with van der Waals surface area (Å²) in [6, 6.07) is 7.73. The summed E-state index contributed by atoms with van der Waals surface area (Å²) >= 11 is 0. The molecule has 0 saturated carbocycles. The van der Waals surface area contributed by atoms with E-state index in [0.29, 0.717) is 13.1 Å². The molecule has 0 spiro atoms. The molecule has 1 unspecified atom stereocenters. The van der Waals surface area contributed by atoms with Crippen molar-refractivity contribution in [2.24, 2.45) is 0 Å². The Kier molecular flexibility index (Phi) is 6.36. The van der Waals surface area contributed by atoms with Crippen LogP contribution in [0.15, 0.2) is 24.3 Å². The van der Waals surface area contributed by atoms with Gasteiger partial charge in [-0.3, -0.25) is 4.79 Å². The van der Waals surface area contributed by atoms with Crippen LogP contribution >= 0.6 is 0 Å². The number of hydrogen-bond acceptors (Lipinski definition) is 3. The molecular weight excluding hydrogens is 240 g/mol. The van der Waals surface area contributed by atoms with E-state index in [1.54, 1.807) is 0 Å². The van der Waals surface area contributed by atoms with E-state index < -0.39 is 0 Å². The summed E-state index contributed by atoms with van der Waals surface area (Å²) in [5.41, 5.74) is 1.13. The molecule has 0 aromatic heterocycles. The highest BCUT2D eigenvalue weighted by atomic mass is 16.5. The van der Waals surface area contributed by atoms with Gasteiger partial charge in [-0.05, 0) is 45.4 Å². The quantitative estimate of drug-likeness (QED) is 0.793. The van der Waals surface area contributed by atoms with E-state index in [9.17, 15) is 4.79 Å². The summed E-state index contributed by atoms with van der Waals surface area (Å²) in [6.07, 6.45) is 0.182. The third kappa shape index (κ3) is 5.75. The van der Waals surface area contributed by atoms with Crippen molar-refractivity contribution in [2.45, 2.75) is 46.4 Å². The van der Waals surface area contributed by atoms with Gasteiger partial charge < -0.3 is 15.4 Å². The number of carbonyl (C=O) groups excluding carboxylic acids is 1. The predicted molar refractivity (Wildman–Crippen MR) is 77.2 cm³/mol. The fraction of sp³-hybridized carbons (Fsp3) is 0.533. The van der Waals surface area contributed by atoms with Gasteiger partial charge in [0.25, 0.3) is 0 Å². The normalized spacial score (nSPS) is 12.3. The Morgan fingerprint density at radius 1 is 1.21 bits per heavy atom. The van der Waals surface area contributed by atoms with Crippen LogP contribution in [-0.4, -0.2) is 24.6 Å². The summed E-state index contributed by atoms with van der Waals surface area (Å²) in [5.74, 6) is 0.901. The second-order valence-electron chi connectivity index (χ2n) is 4.81. The zero-order chi connectivity index (χ0) is 14.3. The zero-order valence-electron chi connectivity index (χ0n) is 12.2. The third-order valence-corrected chi connectivity index (χ3v) is 2.65. The summed E-state index contributed by atoms with van der Waals surface area (Å²) in [5, 5.41) is 5.98. The minimum absolute atomic E-state index is 0.0299. The molecule has 1 rings (SSSR count). The maximum atomic E-state index is 11.5. The molecule has 106 valence electrons. The number of nitrogens with one attached hydrogen (secondary N) is 2. The van der Waals surface area contributed by atoms with E-state index in [4.69, 9.17) is 4.74 Å². The largest absolute Gasteiger partial charge is 0.491 e. The smallest absolute Gasteiger partial charge is 0.236 e. The molecule has 4 nitrogen and oxygen atoms in total. The Bertz CT molecular complexity index is 388. The van der Waals surface area contributed by atoms with E-state index in [0.717, 1.165) is 11.3 Å². The molecule has 0 radical (unpaired) electrons. The lowest BCUT2D eigenvalue weighted by molar-refractivity contribution is -0.122. The maximum Gasteiger partial charge on any atom is 0.236 e. The molecule has 1 aromatic rings. The molecule has 1 aromatic carbocycles. The van der Waals surface area contributed by atoms with E-state index in [1.807, 2.05) is 52.0 Å². The second kappa shape index (κ2) is 7.79. The first-order valence-corrected chi connectivity index (χ1v) is 6.79. The van der Waals surface area contributed by atoms with Crippen molar-refractivity contribution in [2.75, 3.05) is 6.54 Å². The fourth-order valence-corrected chi connectivity index (χ4v) is 1.65. The molecule has 1 amide bonds. The first kappa shape index (κ1) is 15.5. The zero-order valence-corrected chi connectivity index (χ0v) is 12.2.